The Morgan fingerprint density at radius 1 is 0.816 bits per heavy atom. The largest absolute Gasteiger partial charge is 0.360 e. The van der Waals surface area contributed by atoms with Crippen LogP contribution in [0.15, 0.2) is 78.4 Å². The Hall–Kier alpha value is -4.30. The van der Waals surface area contributed by atoms with Crippen LogP contribution in [0.2, 0.25) is 0 Å². The number of fused-ring (bicyclic) bond motifs is 3. The minimum Gasteiger partial charge on any atom is -0.360 e. The molecule has 0 unspecified atom stereocenters. The van der Waals surface area contributed by atoms with E-state index in [2.05, 4.69) is 17.0 Å². The molecule has 8 nitrogen and oxygen atoms in total. The fraction of sp³-hybridized carbons (Fsp3) is 0.267. The predicted octanol–water partition coefficient (Wildman–Crippen LogP) is 2.93. The first kappa shape index (κ1) is 24.1. The highest BCUT2D eigenvalue weighted by Crippen LogP contribution is 2.47. The molecular weight excluding hydrogens is 480 g/mol. The summed E-state index contributed by atoms with van der Waals surface area (Å²) in [6.07, 6.45) is 0.914. The summed E-state index contributed by atoms with van der Waals surface area (Å²) >= 11 is 0. The monoisotopic (exact) mass is 509 g/mol. The Bertz CT molecular complexity index is 1410. The molecule has 8 heteroatoms. The molecular formula is C30H29N4O4+. The van der Waals surface area contributed by atoms with Crippen LogP contribution in [0, 0.1) is 10.1 Å². The summed E-state index contributed by atoms with van der Waals surface area (Å²) < 4.78 is 0. The first-order valence-corrected chi connectivity index (χ1v) is 13.1. The van der Waals surface area contributed by atoms with Gasteiger partial charge in [0.15, 0.2) is 0 Å². The maximum atomic E-state index is 13.5. The second kappa shape index (κ2) is 9.87. The summed E-state index contributed by atoms with van der Waals surface area (Å²) in [5, 5.41) is 10.9. The maximum Gasteiger partial charge on any atom is 0.269 e. The lowest BCUT2D eigenvalue weighted by Crippen LogP contribution is -3.15. The molecule has 0 saturated carbocycles. The zero-order chi connectivity index (χ0) is 26.2. The highest BCUT2D eigenvalue weighted by atomic mass is 16.6. The molecule has 2 heterocycles. The van der Waals surface area contributed by atoms with Crippen molar-refractivity contribution in [3.8, 4) is 11.1 Å². The molecule has 3 aromatic carbocycles. The number of nitro benzene ring substituents is 1. The number of imide groups is 1. The van der Waals surface area contributed by atoms with Gasteiger partial charge in [-0.25, -0.2) is 0 Å². The number of non-ortho nitro benzene ring substituents is 1. The number of nitro groups is 1. The normalized spacial score (nSPS) is 17.3. The van der Waals surface area contributed by atoms with Gasteiger partial charge in [0.1, 0.15) is 0 Å². The van der Waals surface area contributed by atoms with Crippen LogP contribution in [0.25, 0.3) is 16.7 Å². The number of likely N-dealkylation sites (tertiary alicyclic amines) is 1. The third kappa shape index (κ3) is 4.26. The fourth-order valence-electron chi connectivity index (χ4n) is 5.97. The minimum absolute atomic E-state index is 0.101. The lowest BCUT2D eigenvalue weighted by molar-refractivity contribution is -0.900. The number of amides is 2. The van der Waals surface area contributed by atoms with Crippen LogP contribution in [0.4, 0.5) is 11.4 Å². The summed E-state index contributed by atoms with van der Waals surface area (Å²) in [5.74, 6) is -0.271. The topological polar surface area (TPSA) is 88.2 Å². The van der Waals surface area contributed by atoms with Crippen molar-refractivity contribution in [1.29, 1.82) is 0 Å². The first-order chi connectivity index (χ1) is 18.5. The van der Waals surface area contributed by atoms with Gasteiger partial charge in [-0.1, -0.05) is 48.5 Å². The third-order valence-electron chi connectivity index (χ3n) is 7.93. The van der Waals surface area contributed by atoms with Crippen molar-refractivity contribution in [1.82, 2.24) is 4.90 Å². The minimum atomic E-state index is -0.382. The Morgan fingerprint density at radius 3 is 1.97 bits per heavy atom. The van der Waals surface area contributed by atoms with Crippen molar-refractivity contribution in [3.63, 3.8) is 0 Å². The van der Waals surface area contributed by atoms with Gasteiger partial charge in [0.2, 0.25) is 5.91 Å². The van der Waals surface area contributed by atoms with Crippen LogP contribution >= 0.6 is 0 Å². The van der Waals surface area contributed by atoms with Crippen LogP contribution in [-0.2, 0) is 9.59 Å². The number of anilines is 1. The average molecular weight is 510 g/mol. The SMILES string of the molecule is O=C1CC(=C2c3ccccc3-c3ccccc32)C(=O)N1CCC[NH+]1CCN(c2ccc([N+](=O)[O-])cc2)CC1. The van der Waals surface area contributed by atoms with Gasteiger partial charge in [-0.05, 0) is 40.0 Å². The fourth-order valence-corrected chi connectivity index (χ4v) is 5.97. The van der Waals surface area contributed by atoms with E-state index in [1.807, 2.05) is 36.4 Å². The van der Waals surface area contributed by atoms with Crippen LogP contribution in [0.5, 0.6) is 0 Å². The molecule has 38 heavy (non-hydrogen) atoms. The first-order valence-electron chi connectivity index (χ1n) is 13.1. The molecule has 192 valence electrons. The van der Waals surface area contributed by atoms with Gasteiger partial charge in [-0.2, -0.15) is 0 Å². The molecule has 2 fully saturated rings. The lowest BCUT2D eigenvalue weighted by Gasteiger charge is -2.33. The van der Waals surface area contributed by atoms with E-state index in [1.165, 1.54) is 9.80 Å². The molecule has 1 N–H and O–H groups in total. The summed E-state index contributed by atoms with van der Waals surface area (Å²) in [7, 11) is 0. The molecule has 2 saturated heterocycles. The molecule has 0 radical (unpaired) electrons. The van der Waals surface area contributed by atoms with Gasteiger partial charge in [-0.15, -0.1) is 0 Å². The van der Waals surface area contributed by atoms with E-state index in [0.717, 1.165) is 72.7 Å². The Morgan fingerprint density at radius 2 is 1.39 bits per heavy atom. The van der Waals surface area contributed by atoms with Crippen molar-refractivity contribution in [3.05, 3.63) is 99.6 Å². The van der Waals surface area contributed by atoms with E-state index in [4.69, 9.17) is 0 Å². The summed E-state index contributed by atoms with van der Waals surface area (Å²) in [6, 6.07) is 22.9. The second-order valence-corrected chi connectivity index (χ2v) is 10.1. The lowest BCUT2D eigenvalue weighted by atomic mass is 9.97. The number of carbonyl (C=O) groups excluding carboxylic acids is 2. The van der Waals surface area contributed by atoms with Crippen molar-refractivity contribution < 1.29 is 19.4 Å². The van der Waals surface area contributed by atoms with Gasteiger partial charge in [0.05, 0.1) is 44.1 Å². The van der Waals surface area contributed by atoms with Crippen LogP contribution in [0.1, 0.15) is 24.0 Å². The van der Waals surface area contributed by atoms with Crippen molar-refractivity contribution in [2.24, 2.45) is 0 Å². The highest BCUT2D eigenvalue weighted by Gasteiger charge is 2.38. The molecule has 0 aromatic heterocycles. The maximum absolute atomic E-state index is 13.5. The Balaban J connectivity index is 1.08. The summed E-state index contributed by atoms with van der Waals surface area (Å²) in [6.45, 7) is 4.95. The van der Waals surface area contributed by atoms with E-state index in [9.17, 15) is 19.7 Å². The third-order valence-corrected chi connectivity index (χ3v) is 7.93. The number of nitrogens with one attached hydrogen (secondary N) is 1. The molecule has 3 aliphatic rings. The van der Waals surface area contributed by atoms with Gasteiger partial charge in [0, 0.05) is 36.4 Å². The average Bonchev–Trinajstić information content (AvgIpc) is 3.42. The van der Waals surface area contributed by atoms with Crippen LogP contribution in [-0.4, -0.2) is 60.9 Å². The summed E-state index contributed by atoms with van der Waals surface area (Å²) in [5.41, 5.74) is 6.90. The van der Waals surface area contributed by atoms with Gasteiger partial charge < -0.3 is 9.80 Å². The van der Waals surface area contributed by atoms with Crippen molar-refractivity contribution in [2.75, 3.05) is 44.2 Å². The van der Waals surface area contributed by atoms with E-state index in [-0.39, 0.29) is 28.8 Å². The quantitative estimate of drug-likeness (QED) is 0.187. The van der Waals surface area contributed by atoms with E-state index >= 15 is 0 Å². The molecule has 0 spiro atoms. The molecule has 2 amide bonds. The number of piperazine rings is 1. The zero-order valence-electron chi connectivity index (χ0n) is 21.1. The number of benzene rings is 3. The van der Waals surface area contributed by atoms with Gasteiger partial charge in [-0.3, -0.25) is 24.6 Å². The summed E-state index contributed by atoms with van der Waals surface area (Å²) in [4.78, 5) is 42.0. The standard InChI is InChI=1S/C30H28N4O4/c35-28-20-27(29-25-8-3-1-6-23(25)24-7-2-4-9-26(24)29)30(36)33(28)15-5-14-31-16-18-32(19-17-31)21-10-12-22(13-11-21)34(37)38/h1-4,6-13H,5,14-20H2/p+1. The van der Waals surface area contributed by atoms with Crippen LogP contribution < -0.4 is 9.80 Å². The van der Waals surface area contributed by atoms with Gasteiger partial charge in [0.25, 0.3) is 11.6 Å². The molecule has 2 aliphatic heterocycles. The number of rotatable bonds is 6. The van der Waals surface area contributed by atoms with E-state index < -0.39 is 0 Å². The number of quaternary nitrogens is 1. The molecule has 0 bridgehead atoms. The Kier molecular flexibility index (Phi) is 6.25. The van der Waals surface area contributed by atoms with Crippen LogP contribution in [0.3, 0.4) is 0 Å². The predicted molar refractivity (Wildman–Crippen MR) is 145 cm³/mol. The van der Waals surface area contributed by atoms with Crippen molar-refractivity contribution in [2.45, 2.75) is 12.8 Å². The molecule has 1 aliphatic carbocycles. The van der Waals surface area contributed by atoms with Crippen molar-refractivity contribution >= 4 is 28.8 Å². The molecule has 3 aromatic rings. The molecule has 6 rings (SSSR count). The number of carbonyl (C=O) groups is 2. The molecule has 0 atom stereocenters. The second-order valence-electron chi connectivity index (χ2n) is 10.1. The number of nitrogens with zero attached hydrogens (tertiary/aromatic N) is 3. The number of hydrogen-bond donors (Lipinski definition) is 1. The number of hydrogen-bond acceptors (Lipinski definition) is 5. The van der Waals surface area contributed by atoms with E-state index in [0.29, 0.717) is 12.1 Å². The smallest absolute Gasteiger partial charge is 0.269 e. The van der Waals surface area contributed by atoms with Gasteiger partial charge >= 0.3 is 0 Å². The highest BCUT2D eigenvalue weighted by molar-refractivity contribution is 6.21. The zero-order valence-corrected chi connectivity index (χ0v) is 21.1. The van der Waals surface area contributed by atoms with E-state index in [1.54, 1.807) is 24.3 Å². The Labute approximate surface area is 220 Å².